The van der Waals surface area contributed by atoms with Gasteiger partial charge in [0.1, 0.15) is 17.2 Å². The molecular weight excluding hydrogens is 306 g/mol. The third-order valence-electron chi connectivity index (χ3n) is 2.89. The Balaban J connectivity index is 2.74. The summed E-state index contributed by atoms with van der Waals surface area (Å²) in [5.74, 6) is -0.779. The zero-order valence-electron chi connectivity index (χ0n) is 15.5. The lowest BCUT2D eigenvalue weighted by molar-refractivity contribution is -0.158. The van der Waals surface area contributed by atoms with Gasteiger partial charge in [0.25, 0.3) is 0 Å². The maximum Gasteiger partial charge on any atom is 0.324 e. The van der Waals surface area contributed by atoms with Crippen molar-refractivity contribution in [3.8, 4) is 0 Å². The van der Waals surface area contributed by atoms with Crippen LogP contribution in [-0.2, 0) is 25.5 Å². The Morgan fingerprint density at radius 3 is 2.00 bits per heavy atom. The van der Waals surface area contributed by atoms with Crippen molar-refractivity contribution in [2.45, 2.75) is 65.2 Å². The molecule has 0 amide bonds. The van der Waals surface area contributed by atoms with Crippen molar-refractivity contribution in [3.05, 3.63) is 35.9 Å². The maximum atomic E-state index is 12.4. The van der Waals surface area contributed by atoms with Gasteiger partial charge >= 0.3 is 11.9 Å². The first-order chi connectivity index (χ1) is 11.0. The monoisotopic (exact) mass is 335 g/mol. The van der Waals surface area contributed by atoms with Crippen molar-refractivity contribution >= 4 is 11.9 Å². The van der Waals surface area contributed by atoms with Gasteiger partial charge in [-0.25, -0.2) is 0 Å². The van der Waals surface area contributed by atoms with Crippen LogP contribution in [0.1, 0.15) is 47.1 Å². The standard InChI is InChI=1S/C19H29NO4/c1-18(2,3)23-16(21)13-20-15(17(22)24-19(4,5)6)12-14-10-8-7-9-11-14/h7-11,15,20H,12-13H2,1-6H3/t15-/m0/s1. The van der Waals surface area contributed by atoms with Crippen molar-refractivity contribution in [2.24, 2.45) is 0 Å². The summed E-state index contributed by atoms with van der Waals surface area (Å²) < 4.78 is 10.7. The van der Waals surface area contributed by atoms with Crippen molar-refractivity contribution in [2.75, 3.05) is 6.54 Å². The molecule has 1 atom stereocenters. The minimum absolute atomic E-state index is 0.0476. The van der Waals surface area contributed by atoms with Crippen LogP contribution in [0.25, 0.3) is 0 Å². The van der Waals surface area contributed by atoms with Crippen LogP contribution in [-0.4, -0.2) is 35.7 Å². The first kappa shape index (κ1) is 20.2. The second-order valence-corrected chi connectivity index (χ2v) is 7.74. The zero-order valence-corrected chi connectivity index (χ0v) is 15.5. The third-order valence-corrected chi connectivity index (χ3v) is 2.89. The van der Waals surface area contributed by atoms with Crippen LogP contribution in [0.5, 0.6) is 0 Å². The zero-order chi connectivity index (χ0) is 18.4. The largest absolute Gasteiger partial charge is 0.459 e. The van der Waals surface area contributed by atoms with Gasteiger partial charge in [0.2, 0.25) is 0 Å². The molecule has 1 rings (SSSR count). The first-order valence-corrected chi connectivity index (χ1v) is 8.18. The Labute approximate surface area is 144 Å². The number of esters is 2. The first-order valence-electron chi connectivity index (χ1n) is 8.18. The predicted octanol–water partition coefficient (Wildman–Crippen LogP) is 2.87. The van der Waals surface area contributed by atoms with Crippen molar-refractivity contribution < 1.29 is 19.1 Å². The molecule has 24 heavy (non-hydrogen) atoms. The molecule has 1 aromatic carbocycles. The highest BCUT2D eigenvalue weighted by Crippen LogP contribution is 2.12. The van der Waals surface area contributed by atoms with Crippen LogP contribution in [0, 0.1) is 0 Å². The van der Waals surface area contributed by atoms with Crippen LogP contribution < -0.4 is 5.32 Å². The van der Waals surface area contributed by atoms with E-state index in [1.165, 1.54) is 0 Å². The molecule has 0 aliphatic carbocycles. The van der Waals surface area contributed by atoms with E-state index in [1.54, 1.807) is 20.8 Å². The van der Waals surface area contributed by atoms with E-state index in [0.717, 1.165) is 5.56 Å². The summed E-state index contributed by atoms with van der Waals surface area (Å²) in [5, 5.41) is 2.96. The van der Waals surface area contributed by atoms with Gasteiger partial charge in [0.15, 0.2) is 0 Å². The molecule has 0 fully saturated rings. The summed E-state index contributed by atoms with van der Waals surface area (Å²) in [6.07, 6.45) is 0.443. The number of ether oxygens (including phenoxy) is 2. The molecule has 0 saturated heterocycles. The Morgan fingerprint density at radius 1 is 0.958 bits per heavy atom. The quantitative estimate of drug-likeness (QED) is 0.810. The lowest BCUT2D eigenvalue weighted by atomic mass is 10.1. The molecule has 0 bridgehead atoms. The third kappa shape index (κ3) is 8.67. The Kier molecular flexibility index (Phi) is 6.96. The summed E-state index contributed by atoms with van der Waals surface area (Å²) in [7, 11) is 0. The Bertz CT molecular complexity index is 541. The SMILES string of the molecule is CC(C)(C)OC(=O)CN[C@@H](Cc1ccccc1)C(=O)OC(C)(C)C. The molecule has 5 heteroatoms. The number of carbonyl (C=O) groups is 2. The molecular formula is C19H29NO4. The molecule has 0 heterocycles. The Hall–Kier alpha value is -1.88. The number of benzene rings is 1. The van der Waals surface area contributed by atoms with Crippen LogP contribution in [0.2, 0.25) is 0 Å². The second kappa shape index (κ2) is 8.29. The summed E-state index contributed by atoms with van der Waals surface area (Å²) in [6, 6.07) is 9.00. The van der Waals surface area contributed by atoms with E-state index in [9.17, 15) is 9.59 Å². The van der Waals surface area contributed by atoms with E-state index in [4.69, 9.17) is 9.47 Å². The lowest BCUT2D eigenvalue weighted by Crippen LogP contribution is -2.45. The van der Waals surface area contributed by atoms with Gasteiger partial charge in [-0.1, -0.05) is 30.3 Å². The fourth-order valence-electron chi connectivity index (χ4n) is 2.05. The molecule has 0 aliphatic heterocycles. The van der Waals surface area contributed by atoms with Gasteiger partial charge in [-0.3, -0.25) is 14.9 Å². The molecule has 0 aliphatic rings. The van der Waals surface area contributed by atoms with Crippen LogP contribution in [0.4, 0.5) is 0 Å². The van der Waals surface area contributed by atoms with E-state index >= 15 is 0 Å². The molecule has 0 spiro atoms. The molecule has 134 valence electrons. The highest BCUT2D eigenvalue weighted by atomic mass is 16.6. The fourth-order valence-corrected chi connectivity index (χ4v) is 2.05. The van der Waals surface area contributed by atoms with E-state index in [2.05, 4.69) is 5.32 Å². The highest BCUT2D eigenvalue weighted by Gasteiger charge is 2.26. The van der Waals surface area contributed by atoms with Crippen molar-refractivity contribution in [1.82, 2.24) is 5.32 Å². The number of nitrogens with one attached hydrogen (secondary N) is 1. The van der Waals surface area contributed by atoms with Crippen molar-refractivity contribution in [3.63, 3.8) is 0 Å². The maximum absolute atomic E-state index is 12.4. The van der Waals surface area contributed by atoms with Gasteiger partial charge in [-0.15, -0.1) is 0 Å². The Morgan fingerprint density at radius 2 is 1.50 bits per heavy atom. The normalized spacial score (nSPS) is 13.2. The fraction of sp³-hybridized carbons (Fsp3) is 0.579. The minimum atomic E-state index is -0.612. The van der Waals surface area contributed by atoms with Gasteiger partial charge in [0, 0.05) is 0 Å². The summed E-state index contributed by atoms with van der Waals surface area (Å²) in [4.78, 5) is 24.3. The lowest BCUT2D eigenvalue weighted by Gasteiger charge is -2.25. The number of carbonyl (C=O) groups excluding carboxylic acids is 2. The topological polar surface area (TPSA) is 64.6 Å². The van der Waals surface area contributed by atoms with Gasteiger partial charge in [-0.2, -0.15) is 0 Å². The predicted molar refractivity (Wildman–Crippen MR) is 93.6 cm³/mol. The summed E-state index contributed by atoms with van der Waals surface area (Å²) in [5.41, 5.74) is -0.149. The van der Waals surface area contributed by atoms with E-state index < -0.39 is 23.2 Å². The van der Waals surface area contributed by atoms with Gasteiger partial charge in [-0.05, 0) is 53.5 Å². The molecule has 0 saturated carbocycles. The average molecular weight is 335 g/mol. The number of rotatable bonds is 6. The molecule has 0 radical (unpaired) electrons. The van der Waals surface area contributed by atoms with Crippen LogP contribution >= 0.6 is 0 Å². The van der Waals surface area contributed by atoms with E-state index in [-0.39, 0.29) is 12.5 Å². The van der Waals surface area contributed by atoms with E-state index in [0.29, 0.717) is 6.42 Å². The number of hydrogen-bond acceptors (Lipinski definition) is 5. The highest BCUT2D eigenvalue weighted by molar-refractivity contribution is 5.78. The van der Waals surface area contributed by atoms with Crippen LogP contribution in [0.3, 0.4) is 0 Å². The van der Waals surface area contributed by atoms with E-state index in [1.807, 2.05) is 51.1 Å². The minimum Gasteiger partial charge on any atom is -0.459 e. The number of hydrogen-bond donors (Lipinski definition) is 1. The van der Waals surface area contributed by atoms with Crippen LogP contribution in [0.15, 0.2) is 30.3 Å². The average Bonchev–Trinajstić information content (AvgIpc) is 2.40. The smallest absolute Gasteiger partial charge is 0.324 e. The molecule has 0 aromatic heterocycles. The molecule has 5 nitrogen and oxygen atoms in total. The van der Waals surface area contributed by atoms with Crippen molar-refractivity contribution in [1.29, 1.82) is 0 Å². The summed E-state index contributed by atoms with van der Waals surface area (Å²) in [6.45, 7) is 10.8. The molecule has 0 unspecified atom stereocenters. The van der Waals surface area contributed by atoms with Gasteiger partial charge in [0.05, 0.1) is 6.54 Å². The van der Waals surface area contributed by atoms with Gasteiger partial charge < -0.3 is 9.47 Å². The molecule has 1 aromatic rings. The summed E-state index contributed by atoms with van der Waals surface area (Å²) >= 11 is 0. The molecule has 1 N–H and O–H groups in total. The second-order valence-electron chi connectivity index (χ2n) is 7.74.